The third-order valence-electron chi connectivity index (χ3n) is 4.80. The summed E-state index contributed by atoms with van der Waals surface area (Å²) in [5.41, 5.74) is 1.39. The van der Waals surface area contributed by atoms with Crippen LogP contribution in [0.25, 0.3) is 0 Å². The maximum atomic E-state index is 4.97. The summed E-state index contributed by atoms with van der Waals surface area (Å²) < 4.78 is 6.12. The Kier molecular flexibility index (Phi) is 9.62. The molecule has 0 aliphatic rings. The van der Waals surface area contributed by atoms with Crippen molar-refractivity contribution < 1.29 is 0 Å². The van der Waals surface area contributed by atoms with E-state index in [1.807, 2.05) is 0 Å². The van der Waals surface area contributed by atoms with Crippen LogP contribution in [0, 0.1) is 0 Å². The molecule has 0 aromatic carbocycles. The second kappa shape index (κ2) is 10.6. The molecule has 0 radical (unpaired) electrons. The molecule has 1 aromatic rings. The van der Waals surface area contributed by atoms with E-state index in [9.17, 15) is 0 Å². The second-order valence-corrected chi connectivity index (χ2v) is 19.5. The molecule has 0 atom stereocenters. The molecule has 0 amide bonds. The van der Waals surface area contributed by atoms with Crippen molar-refractivity contribution in [2.45, 2.75) is 86.0 Å². The van der Waals surface area contributed by atoms with Crippen LogP contribution in [-0.2, 0) is 6.42 Å². The average Bonchev–Trinajstić information content (AvgIpc) is 2.55. The Labute approximate surface area is 136 Å². The minimum absolute atomic E-state index is 1.11. The van der Waals surface area contributed by atoms with Gasteiger partial charge < -0.3 is 0 Å². The molecule has 1 heterocycles. The van der Waals surface area contributed by atoms with Gasteiger partial charge in [0.15, 0.2) is 0 Å². The van der Waals surface area contributed by atoms with Gasteiger partial charge in [-0.05, 0) is 0 Å². The van der Waals surface area contributed by atoms with Gasteiger partial charge in [0.1, 0.15) is 0 Å². The van der Waals surface area contributed by atoms with E-state index in [1.54, 1.807) is 3.71 Å². The van der Waals surface area contributed by atoms with Crippen LogP contribution in [0.1, 0.15) is 71.8 Å². The first-order chi connectivity index (χ1) is 10.2. The Bertz CT molecular complexity index is 350. The van der Waals surface area contributed by atoms with Crippen LogP contribution in [-0.4, -0.2) is 23.4 Å². The van der Waals surface area contributed by atoms with Gasteiger partial charge in [-0.2, -0.15) is 0 Å². The topological polar surface area (TPSA) is 12.9 Å². The quantitative estimate of drug-likeness (QED) is 0.438. The van der Waals surface area contributed by atoms with E-state index in [0.717, 1.165) is 6.42 Å². The van der Waals surface area contributed by atoms with Crippen molar-refractivity contribution in [2.24, 2.45) is 0 Å². The van der Waals surface area contributed by atoms with E-state index in [2.05, 4.69) is 46.0 Å². The summed E-state index contributed by atoms with van der Waals surface area (Å²) in [4.78, 5) is 4.97. The number of aromatic nitrogens is 1. The van der Waals surface area contributed by atoms with Gasteiger partial charge in [0.2, 0.25) is 0 Å². The molecule has 0 saturated heterocycles. The van der Waals surface area contributed by atoms with Gasteiger partial charge >= 0.3 is 137 Å². The molecule has 0 N–H and O–H groups in total. The predicted molar refractivity (Wildman–Crippen MR) is 98.1 cm³/mol. The van der Waals surface area contributed by atoms with Gasteiger partial charge in [-0.3, -0.25) is 0 Å². The fraction of sp³-hybridized carbons (Fsp3) is 0.737. The number of hydrogen-bond donors (Lipinski definition) is 0. The van der Waals surface area contributed by atoms with Crippen LogP contribution in [0.4, 0.5) is 0 Å². The SMILES string of the molecule is CCC[CH2][Sn]([CH2]CCC)([CH2]CCC)[c]1ccc(CC)cn1. The van der Waals surface area contributed by atoms with Crippen LogP contribution in [0.5, 0.6) is 0 Å². The van der Waals surface area contributed by atoms with Crippen molar-refractivity contribution >= 4 is 22.1 Å². The molecule has 1 aromatic heterocycles. The van der Waals surface area contributed by atoms with Crippen molar-refractivity contribution in [3.63, 3.8) is 0 Å². The molecule has 21 heavy (non-hydrogen) atoms. The van der Waals surface area contributed by atoms with Crippen LogP contribution in [0.3, 0.4) is 0 Å². The molecule has 0 fully saturated rings. The standard InChI is InChI=1S/C7H8N.3C4H9.Sn/c1-2-7-4-3-5-8-6-7;3*1-3-4-2;/h3-4,6H,2H2,1H3;3*1,3-4H2,2H3;. The zero-order chi connectivity index (χ0) is 15.6. The minimum atomic E-state index is -2.26. The summed E-state index contributed by atoms with van der Waals surface area (Å²) in [5.74, 6) is 0. The fourth-order valence-corrected chi connectivity index (χ4v) is 18.6. The van der Waals surface area contributed by atoms with Crippen molar-refractivity contribution in [3.8, 4) is 0 Å². The second-order valence-electron chi connectivity index (χ2n) is 6.50. The number of aryl methyl sites for hydroxylation is 1. The summed E-state index contributed by atoms with van der Waals surface area (Å²) >= 11 is -2.26. The van der Waals surface area contributed by atoms with Gasteiger partial charge in [-0.1, -0.05) is 0 Å². The van der Waals surface area contributed by atoms with Crippen LogP contribution < -0.4 is 3.71 Å². The monoisotopic (exact) mass is 397 g/mol. The zero-order valence-corrected chi connectivity index (χ0v) is 17.6. The molecule has 0 unspecified atom stereocenters. The van der Waals surface area contributed by atoms with Crippen LogP contribution in [0.15, 0.2) is 18.3 Å². The molecule has 120 valence electrons. The zero-order valence-electron chi connectivity index (χ0n) is 14.8. The third kappa shape index (κ3) is 5.92. The molecule has 0 saturated carbocycles. The molecule has 2 heteroatoms. The third-order valence-corrected chi connectivity index (χ3v) is 20.0. The number of pyridine rings is 1. The average molecular weight is 396 g/mol. The summed E-state index contributed by atoms with van der Waals surface area (Å²) in [7, 11) is 0. The summed E-state index contributed by atoms with van der Waals surface area (Å²) in [5, 5.41) is 0. The van der Waals surface area contributed by atoms with Crippen molar-refractivity contribution in [2.75, 3.05) is 0 Å². The number of hydrogen-bond acceptors (Lipinski definition) is 1. The molecule has 0 aliphatic heterocycles. The van der Waals surface area contributed by atoms with Gasteiger partial charge in [-0.25, -0.2) is 0 Å². The van der Waals surface area contributed by atoms with E-state index in [-0.39, 0.29) is 0 Å². The maximum absolute atomic E-state index is 4.97. The Balaban J connectivity index is 3.02. The van der Waals surface area contributed by atoms with E-state index in [0.29, 0.717) is 0 Å². The Morgan fingerprint density at radius 3 is 1.67 bits per heavy atom. The molecule has 0 aliphatic carbocycles. The normalized spacial score (nSPS) is 11.8. The first-order valence-electron chi connectivity index (χ1n) is 9.17. The van der Waals surface area contributed by atoms with Crippen molar-refractivity contribution in [3.05, 3.63) is 23.9 Å². The van der Waals surface area contributed by atoms with Gasteiger partial charge in [0.05, 0.1) is 0 Å². The van der Waals surface area contributed by atoms with Gasteiger partial charge in [0.25, 0.3) is 0 Å². The van der Waals surface area contributed by atoms with Gasteiger partial charge in [0, 0.05) is 0 Å². The Hall–Kier alpha value is -0.0513. The number of rotatable bonds is 11. The van der Waals surface area contributed by atoms with E-state index in [4.69, 9.17) is 4.98 Å². The Morgan fingerprint density at radius 2 is 1.33 bits per heavy atom. The molecule has 1 nitrogen and oxygen atoms in total. The first kappa shape index (κ1) is 19.0. The summed E-state index contributed by atoms with van der Waals surface area (Å²) in [6, 6.07) is 4.76. The molecule has 0 spiro atoms. The van der Waals surface area contributed by atoms with Crippen molar-refractivity contribution in [1.82, 2.24) is 4.98 Å². The van der Waals surface area contributed by atoms with Crippen LogP contribution in [0.2, 0.25) is 13.3 Å². The van der Waals surface area contributed by atoms with Crippen LogP contribution >= 0.6 is 0 Å². The Morgan fingerprint density at radius 1 is 0.810 bits per heavy atom. The van der Waals surface area contributed by atoms with Gasteiger partial charge in [-0.15, -0.1) is 0 Å². The van der Waals surface area contributed by atoms with E-state index >= 15 is 0 Å². The van der Waals surface area contributed by atoms with E-state index < -0.39 is 18.4 Å². The molecule has 1 rings (SSSR count). The summed E-state index contributed by atoms with van der Waals surface area (Å²) in [6.07, 6.45) is 11.5. The molecular weight excluding hydrogens is 361 g/mol. The first-order valence-corrected chi connectivity index (χ1v) is 16.7. The summed E-state index contributed by atoms with van der Waals surface area (Å²) in [6.45, 7) is 9.23. The number of nitrogens with zero attached hydrogens (tertiary/aromatic N) is 1. The predicted octanol–water partition coefficient (Wildman–Crippen LogP) is 5.70. The molecular formula is C19H35NSn. The van der Waals surface area contributed by atoms with E-state index in [1.165, 1.54) is 57.4 Å². The van der Waals surface area contributed by atoms with Crippen molar-refractivity contribution in [1.29, 1.82) is 0 Å². The molecule has 0 bridgehead atoms. The fourth-order valence-electron chi connectivity index (χ4n) is 3.25. The number of unbranched alkanes of at least 4 members (excludes halogenated alkanes) is 3.